The van der Waals surface area contributed by atoms with Crippen molar-refractivity contribution in [3.8, 4) is 0 Å². The summed E-state index contributed by atoms with van der Waals surface area (Å²) in [4.78, 5) is 23.9. The fourth-order valence-electron chi connectivity index (χ4n) is 2.44. The Morgan fingerprint density at radius 1 is 1.36 bits per heavy atom. The number of ketones is 1. The Labute approximate surface area is 127 Å². The number of Topliss-reactive ketones (excluding diaryl/α,β-unsaturated/α-hetero) is 1. The Morgan fingerprint density at radius 3 is 2.64 bits per heavy atom. The molecule has 1 aliphatic rings. The molecule has 1 aromatic carbocycles. The van der Waals surface area contributed by atoms with E-state index in [4.69, 9.17) is 9.47 Å². The largest absolute Gasteiger partial charge is 0.454 e. The number of hydrogen-bond acceptors (Lipinski definition) is 4. The zero-order chi connectivity index (χ0) is 16.1. The lowest BCUT2D eigenvalue weighted by Crippen LogP contribution is -2.35. The first-order valence-electron chi connectivity index (χ1n) is 7.23. The summed E-state index contributed by atoms with van der Waals surface area (Å²) in [5.74, 6) is -2.96. The number of benzene rings is 1. The maximum atomic E-state index is 13.5. The minimum Gasteiger partial charge on any atom is -0.454 e. The predicted octanol–water partition coefficient (Wildman–Crippen LogP) is 2.43. The monoisotopic (exact) mass is 312 g/mol. The number of esters is 1. The van der Waals surface area contributed by atoms with Gasteiger partial charge in [0.2, 0.25) is 0 Å². The summed E-state index contributed by atoms with van der Waals surface area (Å²) in [6.07, 6.45) is -0.00803. The minimum absolute atomic E-state index is 0.220. The van der Waals surface area contributed by atoms with Gasteiger partial charge in [0, 0.05) is 18.1 Å². The van der Waals surface area contributed by atoms with Gasteiger partial charge in [-0.2, -0.15) is 0 Å². The first-order valence-corrected chi connectivity index (χ1v) is 7.23. The summed E-state index contributed by atoms with van der Waals surface area (Å²) in [5, 5.41) is 0. The first kappa shape index (κ1) is 16.5. The highest BCUT2D eigenvalue weighted by atomic mass is 19.1. The molecule has 1 fully saturated rings. The van der Waals surface area contributed by atoms with Gasteiger partial charge in [-0.05, 0) is 31.9 Å². The zero-order valence-corrected chi connectivity index (χ0v) is 12.3. The third-order valence-electron chi connectivity index (χ3n) is 3.65. The van der Waals surface area contributed by atoms with E-state index in [2.05, 4.69) is 0 Å². The van der Waals surface area contributed by atoms with Gasteiger partial charge in [-0.3, -0.25) is 9.59 Å². The van der Waals surface area contributed by atoms with Gasteiger partial charge in [0.05, 0.1) is 13.0 Å². The van der Waals surface area contributed by atoms with E-state index in [-0.39, 0.29) is 17.3 Å². The van der Waals surface area contributed by atoms with E-state index < -0.39 is 30.1 Å². The minimum atomic E-state index is -0.950. The van der Waals surface area contributed by atoms with Crippen LogP contribution in [0.4, 0.5) is 8.78 Å². The molecule has 0 spiro atoms. The van der Waals surface area contributed by atoms with Gasteiger partial charge in [0.1, 0.15) is 11.6 Å². The number of rotatable bonds is 5. The average molecular weight is 312 g/mol. The van der Waals surface area contributed by atoms with Crippen LogP contribution in [-0.2, 0) is 25.5 Å². The molecule has 0 aromatic heterocycles. The van der Waals surface area contributed by atoms with Crippen LogP contribution in [0.25, 0.3) is 0 Å². The van der Waals surface area contributed by atoms with Crippen LogP contribution < -0.4 is 0 Å². The number of hydrogen-bond donors (Lipinski definition) is 0. The van der Waals surface area contributed by atoms with E-state index in [1.165, 1.54) is 13.0 Å². The summed E-state index contributed by atoms with van der Waals surface area (Å²) in [6, 6.07) is 3.36. The van der Waals surface area contributed by atoms with Crippen molar-refractivity contribution in [3.63, 3.8) is 0 Å². The van der Waals surface area contributed by atoms with Crippen molar-refractivity contribution in [2.75, 3.05) is 13.2 Å². The van der Waals surface area contributed by atoms with Gasteiger partial charge in [0.25, 0.3) is 0 Å². The molecule has 0 bridgehead atoms. The molecule has 22 heavy (non-hydrogen) atoms. The second kappa shape index (κ2) is 7.45. The molecule has 1 aromatic rings. The topological polar surface area (TPSA) is 52.6 Å². The number of ether oxygens (including phenoxy) is 2. The fraction of sp³-hybridized carbons (Fsp3) is 0.500. The summed E-state index contributed by atoms with van der Waals surface area (Å²) in [7, 11) is 0. The second-order valence-electron chi connectivity index (χ2n) is 5.33. The van der Waals surface area contributed by atoms with Crippen LogP contribution in [0.3, 0.4) is 0 Å². The predicted molar refractivity (Wildman–Crippen MR) is 74.2 cm³/mol. The van der Waals surface area contributed by atoms with E-state index in [1.54, 1.807) is 0 Å². The molecule has 0 amide bonds. The van der Waals surface area contributed by atoms with Gasteiger partial charge in [-0.1, -0.05) is 6.07 Å². The van der Waals surface area contributed by atoms with Crippen molar-refractivity contribution in [2.24, 2.45) is 5.92 Å². The molecular formula is C16H18F2O4. The van der Waals surface area contributed by atoms with Crippen molar-refractivity contribution in [3.05, 3.63) is 35.4 Å². The number of halogens is 2. The van der Waals surface area contributed by atoms with Crippen molar-refractivity contribution >= 4 is 11.8 Å². The molecule has 0 saturated carbocycles. The Morgan fingerprint density at radius 2 is 2.05 bits per heavy atom. The second-order valence-corrected chi connectivity index (χ2v) is 5.33. The lowest BCUT2D eigenvalue weighted by atomic mass is 9.94. The SMILES string of the molecule is CC(OC(=O)Cc1c(F)cccc1F)C(=O)C1CCCOC1. The Kier molecular flexibility index (Phi) is 5.60. The molecule has 0 aliphatic carbocycles. The maximum Gasteiger partial charge on any atom is 0.311 e. The lowest BCUT2D eigenvalue weighted by molar-refractivity contribution is -0.156. The van der Waals surface area contributed by atoms with Gasteiger partial charge < -0.3 is 9.47 Å². The third kappa shape index (κ3) is 4.10. The lowest BCUT2D eigenvalue weighted by Gasteiger charge is -2.23. The molecule has 1 saturated heterocycles. The van der Waals surface area contributed by atoms with Gasteiger partial charge >= 0.3 is 5.97 Å². The van der Waals surface area contributed by atoms with Crippen molar-refractivity contribution < 1.29 is 27.8 Å². The molecule has 2 unspecified atom stereocenters. The summed E-state index contributed by atoms with van der Waals surface area (Å²) in [5.41, 5.74) is -0.354. The van der Waals surface area contributed by atoms with Crippen LogP contribution in [0, 0.1) is 17.6 Å². The molecule has 0 N–H and O–H groups in total. The van der Waals surface area contributed by atoms with Crippen LogP contribution in [0.2, 0.25) is 0 Å². The van der Waals surface area contributed by atoms with Crippen LogP contribution in [-0.4, -0.2) is 31.1 Å². The van der Waals surface area contributed by atoms with Crippen LogP contribution in [0.5, 0.6) is 0 Å². The number of carbonyl (C=O) groups excluding carboxylic acids is 2. The standard InChI is InChI=1S/C16H18F2O4/c1-10(16(20)11-4-3-7-21-9-11)22-15(19)8-12-13(17)5-2-6-14(12)18/h2,5-6,10-11H,3-4,7-9H2,1H3. The van der Waals surface area contributed by atoms with Crippen LogP contribution >= 0.6 is 0 Å². The maximum absolute atomic E-state index is 13.5. The molecule has 1 heterocycles. The van der Waals surface area contributed by atoms with E-state index in [0.29, 0.717) is 19.6 Å². The summed E-state index contributed by atoms with van der Waals surface area (Å²) >= 11 is 0. The van der Waals surface area contributed by atoms with E-state index >= 15 is 0 Å². The molecule has 6 heteroatoms. The molecule has 4 nitrogen and oxygen atoms in total. The molecule has 2 atom stereocenters. The molecule has 2 rings (SSSR count). The normalized spacial score (nSPS) is 19.5. The Hall–Kier alpha value is -1.82. The Balaban J connectivity index is 1.92. The van der Waals surface area contributed by atoms with Crippen molar-refractivity contribution in [2.45, 2.75) is 32.3 Å². The molecule has 0 radical (unpaired) electrons. The molecule has 1 aliphatic heterocycles. The van der Waals surface area contributed by atoms with Gasteiger partial charge in [0.15, 0.2) is 11.9 Å². The van der Waals surface area contributed by atoms with Crippen LogP contribution in [0.1, 0.15) is 25.3 Å². The highest BCUT2D eigenvalue weighted by molar-refractivity contribution is 5.87. The van der Waals surface area contributed by atoms with E-state index in [9.17, 15) is 18.4 Å². The van der Waals surface area contributed by atoms with Crippen molar-refractivity contribution in [1.82, 2.24) is 0 Å². The zero-order valence-electron chi connectivity index (χ0n) is 12.3. The van der Waals surface area contributed by atoms with E-state index in [0.717, 1.165) is 18.6 Å². The number of carbonyl (C=O) groups is 2. The smallest absolute Gasteiger partial charge is 0.311 e. The van der Waals surface area contributed by atoms with Gasteiger partial charge in [-0.15, -0.1) is 0 Å². The van der Waals surface area contributed by atoms with Crippen LogP contribution in [0.15, 0.2) is 18.2 Å². The van der Waals surface area contributed by atoms with E-state index in [1.807, 2.05) is 0 Å². The highest BCUT2D eigenvalue weighted by Gasteiger charge is 2.28. The highest BCUT2D eigenvalue weighted by Crippen LogP contribution is 2.18. The summed E-state index contributed by atoms with van der Waals surface area (Å²) < 4.78 is 37.2. The quantitative estimate of drug-likeness (QED) is 0.784. The van der Waals surface area contributed by atoms with Gasteiger partial charge in [-0.25, -0.2) is 8.78 Å². The Bertz CT molecular complexity index is 533. The van der Waals surface area contributed by atoms with Crippen molar-refractivity contribution in [1.29, 1.82) is 0 Å². The summed E-state index contributed by atoms with van der Waals surface area (Å²) in [6.45, 7) is 2.42. The fourth-order valence-corrected chi connectivity index (χ4v) is 2.44. The third-order valence-corrected chi connectivity index (χ3v) is 3.65. The first-order chi connectivity index (χ1) is 10.5. The average Bonchev–Trinajstić information content (AvgIpc) is 2.51. The molecule has 120 valence electrons. The molecular weight excluding hydrogens is 294 g/mol.